The number of nitrogens with zero attached hydrogens (tertiary/aromatic N) is 3. The smallest absolute Gasteiger partial charge is 0.260 e. The van der Waals surface area contributed by atoms with Crippen LogP contribution in [0.1, 0.15) is 24.0 Å². The van der Waals surface area contributed by atoms with E-state index in [-0.39, 0.29) is 6.54 Å². The molecule has 1 aliphatic rings. The molecule has 1 amide bonds. The lowest BCUT2D eigenvalue weighted by atomic mass is 10.1. The van der Waals surface area contributed by atoms with Gasteiger partial charge in [-0.05, 0) is 30.2 Å². The van der Waals surface area contributed by atoms with Gasteiger partial charge in [-0.2, -0.15) is 5.10 Å². The lowest BCUT2D eigenvalue weighted by molar-refractivity contribution is -0.119. The summed E-state index contributed by atoms with van der Waals surface area (Å²) in [5, 5.41) is 4.64. The second-order valence-electron chi connectivity index (χ2n) is 7.68. The van der Waals surface area contributed by atoms with Gasteiger partial charge in [-0.15, -0.1) is 0 Å². The van der Waals surface area contributed by atoms with E-state index in [9.17, 15) is 13.2 Å². The number of benzene rings is 2. The molecule has 7 nitrogen and oxygen atoms in total. The molecule has 0 spiro atoms. The molecular formula is C22H27ClN4O3S. The molecule has 166 valence electrons. The van der Waals surface area contributed by atoms with Crippen molar-refractivity contribution in [3.63, 3.8) is 0 Å². The highest BCUT2D eigenvalue weighted by Crippen LogP contribution is 2.26. The molecule has 0 unspecified atom stereocenters. The van der Waals surface area contributed by atoms with Crippen molar-refractivity contribution in [2.24, 2.45) is 5.10 Å². The maximum absolute atomic E-state index is 12.5. The number of nitrogens with one attached hydrogen (secondary N) is 1. The number of aryl methyl sites for hydroxylation is 1. The van der Waals surface area contributed by atoms with Crippen LogP contribution in [0.25, 0.3) is 0 Å². The van der Waals surface area contributed by atoms with Crippen molar-refractivity contribution in [2.45, 2.75) is 26.3 Å². The van der Waals surface area contributed by atoms with Gasteiger partial charge in [0.05, 0.1) is 11.9 Å². The number of piperidine rings is 1. The second kappa shape index (κ2) is 10.3. The number of carbonyl (C=O) groups is 1. The molecule has 1 N–H and O–H groups in total. The average molecular weight is 463 g/mol. The van der Waals surface area contributed by atoms with Gasteiger partial charge in [0.1, 0.15) is 6.54 Å². The number of hydrazone groups is 1. The highest BCUT2D eigenvalue weighted by atomic mass is 35.5. The van der Waals surface area contributed by atoms with Gasteiger partial charge >= 0.3 is 0 Å². The van der Waals surface area contributed by atoms with Crippen molar-refractivity contribution >= 4 is 38.9 Å². The lowest BCUT2D eigenvalue weighted by Gasteiger charge is -2.27. The molecular weight excluding hydrogens is 436 g/mol. The van der Waals surface area contributed by atoms with E-state index in [0.717, 1.165) is 48.7 Å². The Hall–Kier alpha value is -2.42. The quantitative estimate of drug-likeness (QED) is 0.640. The van der Waals surface area contributed by atoms with Gasteiger partial charge in [0.2, 0.25) is 10.0 Å². The van der Waals surface area contributed by atoms with Crippen LogP contribution >= 0.6 is 11.6 Å². The Morgan fingerprint density at radius 3 is 2.48 bits per heavy atom. The summed E-state index contributed by atoms with van der Waals surface area (Å²) in [7, 11) is -3.67. The van der Waals surface area contributed by atoms with E-state index in [1.165, 1.54) is 5.56 Å². The topological polar surface area (TPSA) is 82.1 Å². The SMILES string of the molecule is Cc1ccc(Cl)cc1N(CC(=O)NN=C1CCN(Cc2ccccc2)CC1)S(C)(=O)=O. The number of halogens is 1. The fraction of sp³-hybridized carbons (Fsp3) is 0.364. The first kappa shape index (κ1) is 23.2. The molecule has 31 heavy (non-hydrogen) atoms. The van der Waals surface area contributed by atoms with Gasteiger partial charge in [0.25, 0.3) is 5.91 Å². The number of hydrogen-bond acceptors (Lipinski definition) is 5. The van der Waals surface area contributed by atoms with Crippen molar-refractivity contribution in [1.29, 1.82) is 0 Å². The highest BCUT2D eigenvalue weighted by molar-refractivity contribution is 7.92. The molecule has 3 rings (SSSR count). The monoisotopic (exact) mass is 462 g/mol. The summed E-state index contributed by atoms with van der Waals surface area (Å²) < 4.78 is 25.6. The van der Waals surface area contributed by atoms with Gasteiger partial charge in [0, 0.05) is 43.2 Å². The van der Waals surface area contributed by atoms with E-state index >= 15 is 0 Å². The molecule has 0 atom stereocenters. The van der Waals surface area contributed by atoms with Crippen molar-refractivity contribution in [1.82, 2.24) is 10.3 Å². The molecule has 1 heterocycles. The number of amides is 1. The Labute approximate surface area is 188 Å². The van der Waals surface area contributed by atoms with Gasteiger partial charge in [-0.1, -0.05) is 48.0 Å². The Kier molecular flexibility index (Phi) is 7.69. The Morgan fingerprint density at radius 1 is 1.16 bits per heavy atom. The zero-order chi connectivity index (χ0) is 22.4. The molecule has 9 heteroatoms. The number of anilines is 1. The summed E-state index contributed by atoms with van der Waals surface area (Å²) in [6, 6.07) is 15.2. The van der Waals surface area contributed by atoms with Crippen LogP contribution in [-0.4, -0.2) is 50.8 Å². The van der Waals surface area contributed by atoms with Crippen LogP contribution in [0.3, 0.4) is 0 Å². The average Bonchev–Trinajstić information content (AvgIpc) is 2.73. The second-order valence-corrected chi connectivity index (χ2v) is 10.0. The van der Waals surface area contributed by atoms with E-state index in [1.807, 2.05) is 18.2 Å². The Balaban J connectivity index is 1.57. The predicted molar refractivity (Wildman–Crippen MR) is 125 cm³/mol. The first-order valence-corrected chi connectivity index (χ1v) is 12.3. The number of carbonyl (C=O) groups excluding carboxylic acids is 1. The van der Waals surface area contributed by atoms with E-state index in [4.69, 9.17) is 11.6 Å². The van der Waals surface area contributed by atoms with Gasteiger partial charge in [0.15, 0.2) is 0 Å². The van der Waals surface area contributed by atoms with Gasteiger partial charge in [-0.25, -0.2) is 13.8 Å². The third-order valence-corrected chi connectivity index (χ3v) is 6.51. The Bertz CT molecular complexity index is 1050. The number of rotatable bonds is 7. The largest absolute Gasteiger partial charge is 0.298 e. The number of likely N-dealkylation sites (tertiary alicyclic amines) is 1. The van der Waals surface area contributed by atoms with E-state index < -0.39 is 15.9 Å². The minimum atomic E-state index is -3.67. The molecule has 1 saturated heterocycles. The van der Waals surface area contributed by atoms with Gasteiger partial charge < -0.3 is 0 Å². The molecule has 2 aromatic rings. The number of hydrogen-bond donors (Lipinski definition) is 1. The first-order valence-electron chi connectivity index (χ1n) is 10.1. The van der Waals surface area contributed by atoms with Crippen LogP contribution in [0.4, 0.5) is 5.69 Å². The van der Waals surface area contributed by atoms with E-state index in [1.54, 1.807) is 25.1 Å². The van der Waals surface area contributed by atoms with E-state index in [0.29, 0.717) is 16.3 Å². The van der Waals surface area contributed by atoms with Crippen molar-refractivity contribution < 1.29 is 13.2 Å². The molecule has 0 bridgehead atoms. The van der Waals surface area contributed by atoms with Crippen molar-refractivity contribution in [3.8, 4) is 0 Å². The fourth-order valence-electron chi connectivity index (χ4n) is 3.46. The summed E-state index contributed by atoms with van der Waals surface area (Å²) in [5.74, 6) is -0.496. The predicted octanol–water partition coefficient (Wildman–Crippen LogP) is 3.18. The highest BCUT2D eigenvalue weighted by Gasteiger charge is 2.23. The van der Waals surface area contributed by atoms with E-state index in [2.05, 4.69) is 27.6 Å². The molecule has 0 aromatic heterocycles. The minimum Gasteiger partial charge on any atom is -0.298 e. The molecule has 2 aromatic carbocycles. The zero-order valence-corrected chi connectivity index (χ0v) is 19.3. The third kappa shape index (κ3) is 6.78. The van der Waals surface area contributed by atoms with Crippen LogP contribution in [0.5, 0.6) is 0 Å². The number of sulfonamides is 1. The van der Waals surface area contributed by atoms with Gasteiger partial charge in [-0.3, -0.25) is 14.0 Å². The first-order chi connectivity index (χ1) is 14.7. The maximum atomic E-state index is 12.5. The van der Waals surface area contributed by atoms with Crippen LogP contribution in [0.2, 0.25) is 5.02 Å². The van der Waals surface area contributed by atoms with Crippen LogP contribution < -0.4 is 9.73 Å². The molecule has 0 aliphatic carbocycles. The van der Waals surface area contributed by atoms with Crippen LogP contribution in [0.15, 0.2) is 53.6 Å². The zero-order valence-electron chi connectivity index (χ0n) is 17.7. The Morgan fingerprint density at radius 2 is 1.84 bits per heavy atom. The van der Waals surface area contributed by atoms with Crippen molar-refractivity contribution in [3.05, 3.63) is 64.7 Å². The summed E-state index contributed by atoms with van der Waals surface area (Å²) in [6.07, 6.45) is 2.58. The summed E-state index contributed by atoms with van der Waals surface area (Å²) >= 11 is 6.03. The third-order valence-electron chi connectivity index (χ3n) is 5.15. The fourth-order valence-corrected chi connectivity index (χ4v) is 4.53. The van der Waals surface area contributed by atoms with Crippen LogP contribution in [-0.2, 0) is 21.4 Å². The maximum Gasteiger partial charge on any atom is 0.260 e. The van der Waals surface area contributed by atoms with Crippen molar-refractivity contribution in [2.75, 3.05) is 30.2 Å². The minimum absolute atomic E-state index is 0.364. The molecule has 0 radical (unpaired) electrons. The summed E-state index contributed by atoms with van der Waals surface area (Å²) in [5.41, 5.74) is 5.78. The summed E-state index contributed by atoms with van der Waals surface area (Å²) in [4.78, 5) is 14.8. The standard InChI is InChI=1S/C22H27ClN4O3S/c1-17-8-9-19(23)14-21(17)27(31(2,29)30)16-22(28)25-24-20-10-12-26(13-11-20)15-18-6-4-3-5-7-18/h3-9,14H,10-13,15-16H2,1-2H3,(H,25,28). The molecule has 1 fully saturated rings. The summed E-state index contributed by atoms with van der Waals surface area (Å²) in [6.45, 7) is 4.02. The van der Waals surface area contributed by atoms with Crippen LogP contribution in [0, 0.1) is 6.92 Å². The molecule has 1 aliphatic heterocycles. The molecule has 0 saturated carbocycles. The lowest BCUT2D eigenvalue weighted by Crippen LogP contribution is -2.40. The normalized spacial score (nSPS) is 14.9.